The fourth-order valence-corrected chi connectivity index (χ4v) is 2.22. The molecule has 0 heterocycles. The Morgan fingerprint density at radius 2 is 1.90 bits per heavy atom. The Morgan fingerprint density at radius 1 is 1.19 bits per heavy atom. The van der Waals surface area contributed by atoms with Crippen LogP contribution in [0.4, 0.5) is 0 Å². The average molecular weight is 310 g/mol. The van der Waals surface area contributed by atoms with Gasteiger partial charge < -0.3 is 15.4 Å². The number of hydrogen-bond acceptors (Lipinski definition) is 4. The quantitative estimate of drug-likeness (QED) is 0.677. The van der Waals surface area contributed by atoms with E-state index in [0.717, 1.165) is 11.5 Å². The molecule has 0 atom stereocenters. The SMILES string of the molecule is CCSCc1ccc(C(=O)NCC(=O)NCCOC)cc1. The molecule has 5 nitrogen and oxygen atoms in total. The van der Waals surface area contributed by atoms with E-state index in [-0.39, 0.29) is 18.4 Å². The molecule has 0 unspecified atom stereocenters. The number of rotatable bonds is 9. The smallest absolute Gasteiger partial charge is 0.251 e. The van der Waals surface area contributed by atoms with Crippen molar-refractivity contribution in [2.45, 2.75) is 12.7 Å². The maximum absolute atomic E-state index is 11.9. The van der Waals surface area contributed by atoms with Crippen LogP contribution in [0.3, 0.4) is 0 Å². The monoisotopic (exact) mass is 310 g/mol. The molecule has 6 heteroatoms. The maximum atomic E-state index is 11.9. The van der Waals surface area contributed by atoms with Crippen molar-refractivity contribution in [2.75, 3.05) is 32.6 Å². The zero-order valence-corrected chi connectivity index (χ0v) is 13.3. The Morgan fingerprint density at radius 3 is 2.52 bits per heavy atom. The Balaban J connectivity index is 2.36. The largest absolute Gasteiger partial charge is 0.383 e. The molecule has 1 rings (SSSR count). The maximum Gasteiger partial charge on any atom is 0.251 e. The fourth-order valence-electron chi connectivity index (χ4n) is 1.59. The van der Waals surface area contributed by atoms with E-state index in [1.807, 2.05) is 23.9 Å². The van der Waals surface area contributed by atoms with Crippen molar-refractivity contribution in [3.05, 3.63) is 35.4 Å². The van der Waals surface area contributed by atoms with E-state index in [0.29, 0.717) is 18.7 Å². The van der Waals surface area contributed by atoms with Gasteiger partial charge in [-0.15, -0.1) is 0 Å². The molecule has 116 valence electrons. The summed E-state index contributed by atoms with van der Waals surface area (Å²) >= 11 is 1.84. The van der Waals surface area contributed by atoms with E-state index in [1.54, 1.807) is 19.2 Å². The van der Waals surface area contributed by atoms with Crippen LogP contribution in [-0.4, -0.2) is 44.4 Å². The van der Waals surface area contributed by atoms with Crippen LogP contribution < -0.4 is 10.6 Å². The Bertz CT molecular complexity index is 449. The minimum Gasteiger partial charge on any atom is -0.383 e. The Hall–Kier alpha value is -1.53. The normalized spacial score (nSPS) is 10.2. The summed E-state index contributed by atoms with van der Waals surface area (Å²) in [5.41, 5.74) is 1.75. The van der Waals surface area contributed by atoms with Gasteiger partial charge in [0.2, 0.25) is 5.91 Å². The first-order valence-corrected chi connectivity index (χ1v) is 8.03. The topological polar surface area (TPSA) is 67.4 Å². The highest BCUT2D eigenvalue weighted by atomic mass is 32.2. The zero-order valence-electron chi connectivity index (χ0n) is 12.5. The molecule has 0 bridgehead atoms. The molecule has 0 aliphatic carbocycles. The lowest BCUT2D eigenvalue weighted by Crippen LogP contribution is -2.38. The van der Waals surface area contributed by atoms with Crippen LogP contribution in [-0.2, 0) is 15.3 Å². The molecular weight excluding hydrogens is 288 g/mol. The summed E-state index contributed by atoms with van der Waals surface area (Å²) in [4.78, 5) is 23.3. The number of amides is 2. The summed E-state index contributed by atoms with van der Waals surface area (Å²) < 4.78 is 4.82. The standard InChI is InChI=1S/C15H22N2O3S/c1-3-21-11-12-4-6-13(7-5-12)15(19)17-10-14(18)16-8-9-20-2/h4-7H,3,8-11H2,1-2H3,(H,16,18)(H,17,19). The van der Waals surface area contributed by atoms with Gasteiger partial charge in [0.05, 0.1) is 13.2 Å². The number of nitrogens with one attached hydrogen (secondary N) is 2. The van der Waals surface area contributed by atoms with Crippen molar-refractivity contribution in [1.82, 2.24) is 10.6 Å². The van der Waals surface area contributed by atoms with E-state index in [9.17, 15) is 9.59 Å². The predicted octanol–water partition coefficient (Wildman–Crippen LogP) is 1.43. The summed E-state index contributed by atoms with van der Waals surface area (Å²) in [7, 11) is 1.57. The highest BCUT2D eigenvalue weighted by Crippen LogP contribution is 2.12. The molecule has 0 spiro atoms. The van der Waals surface area contributed by atoms with Gasteiger partial charge in [-0.25, -0.2) is 0 Å². The molecule has 0 fully saturated rings. The summed E-state index contributed by atoms with van der Waals surface area (Å²) in [6.07, 6.45) is 0. The highest BCUT2D eigenvalue weighted by Gasteiger charge is 2.07. The fraction of sp³-hybridized carbons (Fsp3) is 0.467. The molecule has 2 N–H and O–H groups in total. The van der Waals surface area contributed by atoms with Crippen LogP contribution in [0.2, 0.25) is 0 Å². The van der Waals surface area contributed by atoms with Crippen molar-refractivity contribution in [3.8, 4) is 0 Å². The molecule has 0 aromatic heterocycles. The summed E-state index contributed by atoms with van der Waals surface area (Å²) in [6.45, 7) is 2.98. The lowest BCUT2D eigenvalue weighted by molar-refractivity contribution is -0.120. The Labute approximate surface area is 129 Å². The van der Waals surface area contributed by atoms with Gasteiger partial charge >= 0.3 is 0 Å². The van der Waals surface area contributed by atoms with E-state index in [1.165, 1.54) is 5.56 Å². The number of benzene rings is 1. The van der Waals surface area contributed by atoms with Crippen molar-refractivity contribution in [3.63, 3.8) is 0 Å². The molecule has 0 aliphatic heterocycles. The second-order valence-electron chi connectivity index (χ2n) is 4.36. The second kappa shape index (κ2) is 10.2. The number of thioether (sulfide) groups is 1. The third-order valence-corrected chi connectivity index (χ3v) is 3.67. The molecule has 1 aromatic rings. The number of ether oxygens (including phenoxy) is 1. The van der Waals surface area contributed by atoms with Gasteiger partial charge in [0.25, 0.3) is 5.91 Å². The number of carbonyl (C=O) groups excluding carboxylic acids is 2. The molecular formula is C15H22N2O3S. The summed E-state index contributed by atoms with van der Waals surface area (Å²) in [5.74, 6) is 1.55. The first-order valence-electron chi connectivity index (χ1n) is 6.88. The molecule has 0 saturated carbocycles. The van der Waals surface area contributed by atoms with Gasteiger partial charge in [0.1, 0.15) is 0 Å². The average Bonchev–Trinajstić information content (AvgIpc) is 2.51. The van der Waals surface area contributed by atoms with Gasteiger partial charge in [-0.05, 0) is 23.4 Å². The zero-order chi connectivity index (χ0) is 15.5. The van der Waals surface area contributed by atoms with Crippen LogP contribution in [0.5, 0.6) is 0 Å². The molecule has 0 saturated heterocycles. The Kier molecular flexibility index (Phi) is 8.54. The molecule has 1 aromatic carbocycles. The third-order valence-electron chi connectivity index (χ3n) is 2.73. The molecule has 21 heavy (non-hydrogen) atoms. The van der Waals surface area contributed by atoms with Gasteiger partial charge in [0, 0.05) is 25.0 Å². The minimum absolute atomic E-state index is 0.0318. The van der Waals surface area contributed by atoms with Gasteiger partial charge in [-0.2, -0.15) is 11.8 Å². The van der Waals surface area contributed by atoms with Gasteiger partial charge in [0.15, 0.2) is 0 Å². The number of hydrogen-bond donors (Lipinski definition) is 2. The van der Waals surface area contributed by atoms with Crippen LogP contribution in [0, 0.1) is 0 Å². The summed E-state index contributed by atoms with van der Waals surface area (Å²) in [6, 6.07) is 7.44. The summed E-state index contributed by atoms with van der Waals surface area (Å²) in [5, 5.41) is 5.23. The number of carbonyl (C=O) groups is 2. The van der Waals surface area contributed by atoms with Crippen LogP contribution in [0.25, 0.3) is 0 Å². The second-order valence-corrected chi connectivity index (χ2v) is 5.63. The predicted molar refractivity (Wildman–Crippen MR) is 85.5 cm³/mol. The molecule has 0 radical (unpaired) electrons. The molecule has 0 aliphatic rings. The minimum atomic E-state index is -0.244. The van der Waals surface area contributed by atoms with E-state index in [4.69, 9.17) is 4.74 Å². The molecule has 2 amide bonds. The van der Waals surface area contributed by atoms with E-state index >= 15 is 0 Å². The van der Waals surface area contributed by atoms with Crippen molar-refractivity contribution in [1.29, 1.82) is 0 Å². The van der Waals surface area contributed by atoms with Crippen LogP contribution in [0.15, 0.2) is 24.3 Å². The van der Waals surface area contributed by atoms with Crippen molar-refractivity contribution >= 4 is 23.6 Å². The third kappa shape index (κ3) is 7.15. The van der Waals surface area contributed by atoms with E-state index < -0.39 is 0 Å². The van der Waals surface area contributed by atoms with Gasteiger partial charge in [-0.3, -0.25) is 9.59 Å². The van der Waals surface area contributed by atoms with Crippen molar-refractivity contribution < 1.29 is 14.3 Å². The first kappa shape index (κ1) is 17.5. The lowest BCUT2D eigenvalue weighted by atomic mass is 10.1. The lowest BCUT2D eigenvalue weighted by Gasteiger charge is -2.07. The van der Waals surface area contributed by atoms with Crippen LogP contribution in [0.1, 0.15) is 22.8 Å². The number of methoxy groups -OCH3 is 1. The van der Waals surface area contributed by atoms with E-state index in [2.05, 4.69) is 17.6 Å². The van der Waals surface area contributed by atoms with Crippen molar-refractivity contribution in [2.24, 2.45) is 0 Å². The highest BCUT2D eigenvalue weighted by molar-refractivity contribution is 7.98. The first-order chi connectivity index (χ1) is 10.2. The van der Waals surface area contributed by atoms with Crippen LogP contribution >= 0.6 is 11.8 Å². The van der Waals surface area contributed by atoms with Gasteiger partial charge in [-0.1, -0.05) is 19.1 Å².